The van der Waals surface area contributed by atoms with Crippen molar-refractivity contribution in [1.82, 2.24) is 4.98 Å². The Balaban J connectivity index is 1.83. The van der Waals surface area contributed by atoms with Crippen LogP contribution in [0.1, 0.15) is 38.2 Å². The highest BCUT2D eigenvalue weighted by Gasteiger charge is 2.12. The predicted molar refractivity (Wildman–Crippen MR) is 102 cm³/mol. The Morgan fingerprint density at radius 1 is 1.20 bits per heavy atom. The molecule has 130 valence electrons. The number of benzene rings is 2. The molecule has 0 saturated heterocycles. The van der Waals surface area contributed by atoms with E-state index in [9.17, 15) is 4.79 Å². The van der Waals surface area contributed by atoms with Crippen molar-refractivity contribution in [2.24, 2.45) is 0 Å². The van der Waals surface area contributed by atoms with Crippen molar-refractivity contribution < 1.29 is 9.21 Å². The zero-order chi connectivity index (χ0) is 17.8. The van der Waals surface area contributed by atoms with Gasteiger partial charge in [0, 0.05) is 12.0 Å². The summed E-state index contributed by atoms with van der Waals surface area (Å²) in [6.07, 6.45) is 3.50. The zero-order valence-electron chi connectivity index (χ0n) is 14.4. The third-order valence-electron chi connectivity index (χ3n) is 4.04. The minimum Gasteiger partial charge on any atom is -0.436 e. The van der Waals surface area contributed by atoms with Crippen molar-refractivity contribution in [3.63, 3.8) is 0 Å². The number of rotatable bonds is 6. The maximum Gasteiger partial charge on any atom is 0.227 e. The van der Waals surface area contributed by atoms with Gasteiger partial charge in [-0.1, -0.05) is 37.4 Å². The molecule has 0 saturated carbocycles. The van der Waals surface area contributed by atoms with Crippen molar-refractivity contribution in [2.45, 2.75) is 39.5 Å². The van der Waals surface area contributed by atoms with E-state index in [0.717, 1.165) is 41.5 Å². The fourth-order valence-electron chi connectivity index (χ4n) is 2.66. The Labute approximate surface area is 152 Å². The second kappa shape index (κ2) is 7.70. The number of unbranched alkanes of at least 4 members (excludes halogenated alkanes) is 2. The van der Waals surface area contributed by atoms with Gasteiger partial charge in [-0.05, 0) is 49.2 Å². The summed E-state index contributed by atoms with van der Waals surface area (Å²) < 4.78 is 5.82. The summed E-state index contributed by atoms with van der Waals surface area (Å²) in [4.78, 5) is 16.6. The van der Waals surface area contributed by atoms with E-state index in [-0.39, 0.29) is 5.91 Å². The number of aromatic nitrogens is 1. The van der Waals surface area contributed by atoms with Gasteiger partial charge in [-0.2, -0.15) is 0 Å². The third-order valence-corrected chi connectivity index (χ3v) is 4.37. The second-order valence-electron chi connectivity index (χ2n) is 6.19. The fourth-order valence-corrected chi connectivity index (χ4v) is 2.83. The van der Waals surface area contributed by atoms with Gasteiger partial charge < -0.3 is 9.73 Å². The van der Waals surface area contributed by atoms with Crippen LogP contribution < -0.4 is 5.32 Å². The van der Waals surface area contributed by atoms with Crippen LogP contribution in [0.25, 0.3) is 22.6 Å². The van der Waals surface area contributed by atoms with Gasteiger partial charge in [0.05, 0.1) is 10.7 Å². The number of anilines is 1. The summed E-state index contributed by atoms with van der Waals surface area (Å²) in [5, 5.41) is 3.38. The lowest BCUT2D eigenvalue weighted by Gasteiger charge is -2.08. The molecule has 0 spiro atoms. The number of nitrogens with zero attached hydrogens (tertiary/aromatic N) is 1. The largest absolute Gasteiger partial charge is 0.436 e. The van der Waals surface area contributed by atoms with E-state index in [1.807, 2.05) is 31.2 Å². The summed E-state index contributed by atoms with van der Waals surface area (Å²) >= 11 is 6.22. The first-order chi connectivity index (χ1) is 12.1. The van der Waals surface area contributed by atoms with Crippen LogP contribution in [-0.4, -0.2) is 10.9 Å². The first kappa shape index (κ1) is 17.5. The summed E-state index contributed by atoms with van der Waals surface area (Å²) in [7, 11) is 0. The van der Waals surface area contributed by atoms with E-state index < -0.39 is 0 Å². The average Bonchev–Trinajstić information content (AvgIpc) is 3.00. The number of halogens is 1. The number of hydrogen-bond donors (Lipinski definition) is 1. The number of carbonyl (C=O) groups is 1. The Morgan fingerprint density at radius 3 is 2.84 bits per heavy atom. The van der Waals surface area contributed by atoms with E-state index in [2.05, 4.69) is 17.2 Å². The number of nitrogens with one attached hydrogen (secondary N) is 1. The van der Waals surface area contributed by atoms with Crippen LogP contribution in [-0.2, 0) is 4.79 Å². The molecule has 3 aromatic rings. The van der Waals surface area contributed by atoms with Gasteiger partial charge >= 0.3 is 0 Å². The smallest absolute Gasteiger partial charge is 0.227 e. The Bertz CT molecular complexity index is 902. The third kappa shape index (κ3) is 4.20. The van der Waals surface area contributed by atoms with E-state index in [4.69, 9.17) is 16.0 Å². The summed E-state index contributed by atoms with van der Waals surface area (Å²) in [5.41, 5.74) is 4.04. The molecule has 0 radical (unpaired) electrons. The first-order valence-electron chi connectivity index (χ1n) is 8.54. The van der Waals surface area contributed by atoms with E-state index in [1.165, 1.54) is 0 Å². The average molecular weight is 357 g/mol. The molecule has 0 fully saturated rings. The summed E-state index contributed by atoms with van der Waals surface area (Å²) in [6.45, 7) is 4.13. The molecule has 1 amide bonds. The summed E-state index contributed by atoms with van der Waals surface area (Å²) in [6, 6.07) is 11.3. The molecule has 1 heterocycles. The van der Waals surface area contributed by atoms with Crippen molar-refractivity contribution in [1.29, 1.82) is 0 Å². The van der Waals surface area contributed by atoms with Crippen LogP contribution in [0.3, 0.4) is 0 Å². The number of aryl methyl sites for hydroxylation is 1. The molecule has 4 nitrogen and oxygen atoms in total. The lowest BCUT2D eigenvalue weighted by atomic mass is 10.1. The number of fused-ring (bicyclic) bond motifs is 1. The van der Waals surface area contributed by atoms with Gasteiger partial charge in [-0.25, -0.2) is 4.98 Å². The molecule has 0 aliphatic heterocycles. The van der Waals surface area contributed by atoms with Gasteiger partial charge in [-0.3, -0.25) is 4.79 Å². The molecule has 1 N–H and O–H groups in total. The normalized spacial score (nSPS) is 11.0. The van der Waals surface area contributed by atoms with Crippen LogP contribution in [0.2, 0.25) is 5.02 Å². The van der Waals surface area contributed by atoms with Gasteiger partial charge in [0.15, 0.2) is 5.58 Å². The topological polar surface area (TPSA) is 55.1 Å². The van der Waals surface area contributed by atoms with Crippen LogP contribution in [0, 0.1) is 6.92 Å². The van der Waals surface area contributed by atoms with Crippen molar-refractivity contribution >= 4 is 34.3 Å². The van der Waals surface area contributed by atoms with Gasteiger partial charge in [0.25, 0.3) is 0 Å². The molecule has 5 heteroatoms. The van der Waals surface area contributed by atoms with Crippen LogP contribution in [0.15, 0.2) is 40.8 Å². The Hall–Kier alpha value is -2.33. The highest BCUT2D eigenvalue weighted by molar-refractivity contribution is 6.33. The molecule has 2 aromatic carbocycles. The maximum absolute atomic E-state index is 12.1. The molecule has 0 atom stereocenters. The van der Waals surface area contributed by atoms with Crippen LogP contribution in [0.4, 0.5) is 5.69 Å². The first-order valence-corrected chi connectivity index (χ1v) is 8.91. The highest BCUT2D eigenvalue weighted by atomic mass is 35.5. The van der Waals surface area contributed by atoms with Gasteiger partial charge in [0.1, 0.15) is 5.52 Å². The van der Waals surface area contributed by atoms with Crippen molar-refractivity contribution in [3.8, 4) is 11.5 Å². The molecule has 0 aliphatic rings. The van der Waals surface area contributed by atoms with Crippen molar-refractivity contribution in [3.05, 3.63) is 47.0 Å². The molecule has 0 aliphatic carbocycles. The molecular weight excluding hydrogens is 336 g/mol. The number of amides is 1. The van der Waals surface area contributed by atoms with Gasteiger partial charge in [0.2, 0.25) is 11.8 Å². The highest BCUT2D eigenvalue weighted by Crippen LogP contribution is 2.30. The lowest BCUT2D eigenvalue weighted by Crippen LogP contribution is -2.11. The SMILES string of the molecule is CCCCCC(=O)Nc1cc(-c2nc3cc(C)ccc3o2)ccc1Cl. The number of oxazole rings is 1. The van der Waals surface area contributed by atoms with E-state index in [0.29, 0.717) is 23.0 Å². The Kier molecular flexibility index (Phi) is 5.39. The van der Waals surface area contributed by atoms with E-state index in [1.54, 1.807) is 12.1 Å². The minimum absolute atomic E-state index is 0.0271. The Morgan fingerprint density at radius 2 is 2.04 bits per heavy atom. The molecule has 0 unspecified atom stereocenters. The number of hydrogen-bond acceptors (Lipinski definition) is 3. The van der Waals surface area contributed by atoms with Crippen LogP contribution in [0.5, 0.6) is 0 Å². The minimum atomic E-state index is -0.0271. The fraction of sp³-hybridized carbons (Fsp3) is 0.300. The molecule has 1 aromatic heterocycles. The molecular formula is C20H21ClN2O2. The maximum atomic E-state index is 12.1. The number of carbonyl (C=O) groups excluding carboxylic acids is 1. The predicted octanol–water partition coefficient (Wildman–Crippen LogP) is 5.98. The van der Waals surface area contributed by atoms with Crippen LogP contribution >= 0.6 is 11.6 Å². The zero-order valence-corrected chi connectivity index (χ0v) is 15.2. The monoisotopic (exact) mass is 356 g/mol. The van der Waals surface area contributed by atoms with Crippen molar-refractivity contribution in [2.75, 3.05) is 5.32 Å². The van der Waals surface area contributed by atoms with Gasteiger partial charge in [-0.15, -0.1) is 0 Å². The molecule has 3 rings (SSSR count). The molecule has 25 heavy (non-hydrogen) atoms. The summed E-state index contributed by atoms with van der Waals surface area (Å²) in [5.74, 6) is 0.486. The lowest BCUT2D eigenvalue weighted by molar-refractivity contribution is -0.116. The standard InChI is InChI=1S/C20H21ClN2O2/c1-3-4-5-6-19(24)22-16-12-14(8-9-15(16)21)20-23-17-11-13(2)7-10-18(17)25-20/h7-12H,3-6H2,1-2H3,(H,22,24). The van der Waals surface area contributed by atoms with E-state index >= 15 is 0 Å². The quantitative estimate of drug-likeness (QED) is 0.553. The second-order valence-corrected chi connectivity index (χ2v) is 6.60. The molecule has 0 bridgehead atoms.